The standard InChI is InChI=1S/C10H15ClN4O3/c1-5(16)13-3-2-7(17)9(18)6-4-8(11)14-15-10(6)12/h4,7,9,17-18H,2-3H2,1H3,(H2,12,15)(H,13,16). The number of nitrogens with one attached hydrogen (secondary N) is 1. The Morgan fingerprint density at radius 2 is 2.22 bits per heavy atom. The van der Waals surface area contributed by atoms with E-state index in [1.54, 1.807) is 0 Å². The summed E-state index contributed by atoms with van der Waals surface area (Å²) in [5, 5.41) is 29.3. The highest BCUT2D eigenvalue weighted by molar-refractivity contribution is 6.29. The van der Waals surface area contributed by atoms with Gasteiger partial charge in [-0.1, -0.05) is 11.6 Å². The molecule has 5 N–H and O–H groups in total. The largest absolute Gasteiger partial charge is 0.390 e. The normalized spacial score (nSPS) is 14.0. The van der Waals surface area contributed by atoms with Crippen LogP contribution in [0, 0.1) is 0 Å². The summed E-state index contributed by atoms with van der Waals surface area (Å²) in [6.45, 7) is 1.62. The summed E-state index contributed by atoms with van der Waals surface area (Å²) >= 11 is 5.63. The fourth-order valence-corrected chi connectivity index (χ4v) is 1.54. The van der Waals surface area contributed by atoms with Gasteiger partial charge in [0.25, 0.3) is 0 Å². The van der Waals surface area contributed by atoms with Gasteiger partial charge < -0.3 is 21.3 Å². The lowest BCUT2D eigenvalue weighted by Crippen LogP contribution is -2.28. The SMILES string of the molecule is CC(=O)NCCC(O)C(O)c1cc(Cl)nnc1N. The number of hydrogen-bond acceptors (Lipinski definition) is 6. The van der Waals surface area contributed by atoms with Crippen molar-refractivity contribution in [3.63, 3.8) is 0 Å². The van der Waals surface area contributed by atoms with Gasteiger partial charge in [-0.25, -0.2) is 0 Å². The Labute approximate surface area is 109 Å². The average Bonchev–Trinajstić information content (AvgIpc) is 2.30. The van der Waals surface area contributed by atoms with Crippen LogP contribution in [0.1, 0.15) is 25.0 Å². The van der Waals surface area contributed by atoms with E-state index in [9.17, 15) is 15.0 Å². The van der Waals surface area contributed by atoms with Gasteiger partial charge in [0.1, 0.15) is 6.10 Å². The highest BCUT2D eigenvalue weighted by Gasteiger charge is 2.21. The van der Waals surface area contributed by atoms with Crippen molar-refractivity contribution >= 4 is 23.3 Å². The van der Waals surface area contributed by atoms with Crippen molar-refractivity contribution in [2.45, 2.75) is 25.6 Å². The number of anilines is 1. The van der Waals surface area contributed by atoms with Gasteiger partial charge in [0, 0.05) is 19.0 Å². The number of nitrogen functional groups attached to an aromatic ring is 1. The Kier molecular flexibility index (Phi) is 5.26. The molecule has 0 aromatic carbocycles. The third-order valence-electron chi connectivity index (χ3n) is 2.32. The molecule has 2 atom stereocenters. The molecule has 0 saturated carbocycles. The smallest absolute Gasteiger partial charge is 0.216 e. The minimum atomic E-state index is -1.23. The lowest BCUT2D eigenvalue weighted by molar-refractivity contribution is -0.119. The maximum Gasteiger partial charge on any atom is 0.216 e. The molecule has 0 aliphatic heterocycles. The predicted molar refractivity (Wildman–Crippen MR) is 65.7 cm³/mol. The molecular weight excluding hydrogens is 260 g/mol. The summed E-state index contributed by atoms with van der Waals surface area (Å²) in [6, 6.07) is 1.34. The molecule has 0 spiro atoms. The van der Waals surface area contributed by atoms with E-state index in [0.29, 0.717) is 0 Å². The van der Waals surface area contributed by atoms with Gasteiger partial charge >= 0.3 is 0 Å². The van der Waals surface area contributed by atoms with Gasteiger partial charge in [-0.3, -0.25) is 4.79 Å². The number of aliphatic hydroxyl groups excluding tert-OH is 2. The van der Waals surface area contributed by atoms with E-state index in [1.165, 1.54) is 13.0 Å². The zero-order valence-electron chi connectivity index (χ0n) is 9.80. The summed E-state index contributed by atoms with van der Waals surface area (Å²) < 4.78 is 0. The zero-order chi connectivity index (χ0) is 13.7. The number of hydrogen-bond donors (Lipinski definition) is 4. The third-order valence-corrected chi connectivity index (χ3v) is 2.51. The number of carbonyl (C=O) groups excluding carboxylic acids is 1. The molecular formula is C10H15ClN4O3. The fourth-order valence-electron chi connectivity index (χ4n) is 1.39. The van der Waals surface area contributed by atoms with Crippen LogP contribution in [0.25, 0.3) is 0 Å². The zero-order valence-corrected chi connectivity index (χ0v) is 10.6. The number of aliphatic hydroxyl groups is 2. The molecule has 0 saturated heterocycles. The number of rotatable bonds is 5. The monoisotopic (exact) mass is 274 g/mol. The number of halogens is 1. The first kappa shape index (κ1) is 14.6. The van der Waals surface area contributed by atoms with Crippen LogP contribution in [0.15, 0.2) is 6.07 Å². The fraction of sp³-hybridized carbons (Fsp3) is 0.500. The average molecular weight is 275 g/mol. The Morgan fingerprint density at radius 3 is 2.83 bits per heavy atom. The summed E-state index contributed by atoms with van der Waals surface area (Å²) in [5.74, 6) is -0.199. The van der Waals surface area contributed by atoms with Gasteiger partial charge in [0.2, 0.25) is 5.91 Å². The first-order chi connectivity index (χ1) is 8.41. The molecule has 8 heteroatoms. The third kappa shape index (κ3) is 4.10. The molecule has 0 bridgehead atoms. The van der Waals surface area contributed by atoms with E-state index in [1.807, 2.05) is 0 Å². The van der Waals surface area contributed by atoms with Crippen molar-refractivity contribution in [1.82, 2.24) is 15.5 Å². The lowest BCUT2D eigenvalue weighted by Gasteiger charge is -2.18. The first-order valence-electron chi connectivity index (χ1n) is 5.31. The Bertz CT molecular complexity index is 430. The van der Waals surface area contributed by atoms with E-state index in [4.69, 9.17) is 17.3 Å². The van der Waals surface area contributed by atoms with E-state index in [0.717, 1.165) is 0 Å². The topological polar surface area (TPSA) is 121 Å². The molecule has 1 heterocycles. The van der Waals surface area contributed by atoms with Crippen molar-refractivity contribution < 1.29 is 15.0 Å². The quantitative estimate of drug-likeness (QED) is 0.581. The summed E-state index contributed by atoms with van der Waals surface area (Å²) in [6.07, 6.45) is -2.13. The molecule has 7 nitrogen and oxygen atoms in total. The van der Waals surface area contributed by atoms with Crippen molar-refractivity contribution in [3.05, 3.63) is 16.8 Å². The van der Waals surface area contributed by atoms with Crippen LogP contribution in [-0.4, -0.2) is 39.0 Å². The molecule has 1 aromatic rings. The second-order valence-corrected chi connectivity index (χ2v) is 4.18. The highest BCUT2D eigenvalue weighted by atomic mass is 35.5. The molecule has 2 unspecified atom stereocenters. The van der Waals surface area contributed by atoms with Crippen molar-refractivity contribution in [2.24, 2.45) is 0 Å². The number of nitrogens with zero attached hydrogens (tertiary/aromatic N) is 2. The molecule has 18 heavy (non-hydrogen) atoms. The van der Waals surface area contributed by atoms with E-state index < -0.39 is 12.2 Å². The van der Waals surface area contributed by atoms with E-state index >= 15 is 0 Å². The van der Waals surface area contributed by atoms with Gasteiger partial charge in [0.15, 0.2) is 11.0 Å². The van der Waals surface area contributed by atoms with Gasteiger partial charge in [-0.2, -0.15) is 0 Å². The predicted octanol–water partition coefficient (Wildman–Crippen LogP) is -0.367. The number of amides is 1. The van der Waals surface area contributed by atoms with Crippen molar-refractivity contribution in [3.8, 4) is 0 Å². The van der Waals surface area contributed by atoms with Crippen LogP contribution in [0.2, 0.25) is 5.15 Å². The molecule has 0 fully saturated rings. The number of nitrogens with two attached hydrogens (primary N) is 1. The molecule has 0 radical (unpaired) electrons. The minimum Gasteiger partial charge on any atom is -0.390 e. The summed E-state index contributed by atoms with van der Waals surface area (Å²) in [5.41, 5.74) is 5.75. The Balaban J connectivity index is 2.64. The Morgan fingerprint density at radius 1 is 1.56 bits per heavy atom. The lowest BCUT2D eigenvalue weighted by atomic mass is 10.0. The van der Waals surface area contributed by atoms with Crippen molar-refractivity contribution in [1.29, 1.82) is 0 Å². The number of carbonyl (C=O) groups is 1. The molecule has 0 aliphatic carbocycles. The maximum absolute atomic E-state index is 10.7. The molecule has 1 aromatic heterocycles. The number of aromatic nitrogens is 2. The van der Waals surface area contributed by atoms with Crippen LogP contribution in [-0.2, 0) is 4.79 Å². The van der Waals surface area contributed by atoms with E-state index in [-0.39, 0.29) is 35.4 Å². The van der Waals surface area contributed by atoms with Gasteiger partial charge in [0.05, 0.1) is 6.10 Å². The highest BCUT2D eigenvalue weighted by Crippen LogP contribution is 2.24. The minimum absolute atomic E-state index is 0.00507. The Hall–Kier alpha value is -1.44. The summed E-state index contributed by atoms with van der Waals surface area (Å²) in [7, 11) is 0. The van der Waals surface area contributed by atoms with Crippen LogP contribution < -0.4 is 11.1 Å². The first-order valence-corrected chi connectivity index (χ1v) is 5.68. The molecule has 1 rings (SSSR count). The van der Waals surface area contributed by atoms with E-state index in [2.05, 4.69) is 15.5 Å². The van der Waals surface area contributed by atoms with Crippen LogP contribution in [0.4, 0.5) is 5.82 Å². The van der Waals surface area contributed by atoms with Crippen LogP contribution in [0.5, 0.6) is 0 Å². The maximum atomic E-state index is 10.7. The van der Waals surface area contributed by atoms with Crippen LogP contribution >= 0.6 is 11.6 Å². The second kappa shape index (κ2) is 6.48. The van der Waals surface area contributed by atoms with Crippen molar-refractivity contribution in [2.75, 3.05) is 12.3 Å². The molecule has 0 aliphatic rings. The molecule has 1 amide bonds. The van der Waals surface area contributed by atoms with Gasteiger partial charge in [-0.15, -0.1) is 10.2 Å². The molecule has 100 valence electrons. The van der Waals surface area contributed by atoms with Crippen LogP contribution in [0.3, 0.4) is 0 Å². The summed E-state index contributed by atoms with van der Waals surface area (Å²) in [4.78, 5) is 10.7. The second-order valence-electron chi connectivity index (χ2n) is 3.79. The van der Waals surface area contributed by atoms with Gasteiger partial charge in [-0.05, 0) is 12.5 Å².